The molecule has 1 unspecified atom stereocenters. The smallest absolute Gasteiger partial charge is 0.220 e. The van der Waals surface area contributed by atoms with Crippen LogP contribution in [0, 0.1) is 0 Å². The molecule has 3 nitrogen and oxygen atoms in total. The van der Waals surface area contributed by atoms with Gasteiger partial charge in [-0.2, -0.15) is 0 Å². The molecule has 0 spiro atoms. The number of nitrogens with one attached hydrogen (secondary N) is 1. The van der Waals surface area contributed by atoms with Gasteiger partial charge in [-0.1, -0.05) is 29.3 Å². The summed E-state index contributed by atoms with van der Waals surface area (Å²) >= 11 is 3.31. The van der Waals surface area contributed by atoms with Crippen molar-refractivity contribution in [3.8, 4) is 0 Å². The third-order valence-electron chi connectivity index (χ3n) is 1.94. The van der Waals surface area contributed by atoms with Gasteiger partial charge in [-0.3, -0.25) is 4.79 Å². The number of aliphatic hydroxyl groups is 1. The zero-order chi connectivity index (χ0) is 10.8. The zero-order valence-electron chi connectivity index (χ0n) is 8.76. The maximum absolute atomic E-state index is 11.2. The molecule has 1 atom stereocenters. The van der Waals surface area contributed by atoms with Gasteiger partial charge in [-0.05, 0) is 19.3 Å². The minimum absolute atomic E-state index is 0.0427. The molecule has 14 heavy (non-hydrogen) atoms. The molecule has 0 aliphatic rings. The number of amides is 1. The van der Waals surface area contributed by atoms with Gasteiger partial charge in [0.05, 0.1) is 6.10 Å². The summed E-state index contributed by atoms with van der Waals surface area (Å²) in [6, 6.07) is 0. The van der Waals surface area contributed by atoms with Crippen LogP contribution in [-0.2, 0) is 4.79 Å². The van der Waals surface area contributed by atoms with E-state index in [1.165, 1.54) is 0 Å². The topological polar surface area (TPSA) is 49.3 Å². The molecule has 0 fully saturated rings. The molecule has 1 amide bonds. The van der Waals surface area contributed by atoms with Crippen LogP contribution in [0.1, 0.15) is 39.0 Å². The van der Waals surface area contributed by atoms with E-state index < -0.39 is 0 Å². The summed E-state index contributed by atoms with van der Waals surface area (Å²) < 4.78 is 0. The SMILES string of the molecule is CCCC(O)CNC(=O)CCCCBr. The van der Waals surface area contributed by atoms with Crippen molar-refractivity contribution < 1.29 is 9.90 Å². The van der Waals surface area contributed by atoms with Crippen LogP contribution >= 0.6 is 15.9 Å². The molecule has 2 N–H and O–H groups in total. The number of unbranched alkanes of at least 4 members (excludes halogenated alkanes) is 1. The Kier molecular flexibility index (Phi) is 9.40. The largest absolute Gasteiger partial charge is 0.391 e. The Bertz CT molecular complexity index is 153. The summed E-state index contributed by atoms with van der Waals surface area (Å²) in [6.07, 6.45) is 3.79. The van der Waals surface area contributed by atoms with Crippen molar-refractivity contribution in [1.29, 1.82) is 0 Å². The van der Waals surface area contributed by atoms with E-state index in [-0.39, 0.29) is 12.0 Å². The van der Waals surface area contributed by atoms with Crippen LogP contribution in [0.3, 0.4) is 0 Å². The van der Waals surface area contributed by atoms with Gasteiger partial charge in [0.15, 0.2) is 0 Å². The second-order valence-electron chi connectivity index (χ2n) is 3.39. The molecule has 4 heteroatoms. The lowest BCUT2D eigenvalue weighted by atomic mass is 10.2. The Morgan fingerprint density at radius 2 is 2.21 bits per heavy atom. The predicted octanol–water partition coefficient (Wildman–Crippen LogP) is 1.83. The number of carbonyl (C=O) groups is 1. The lowest BCUT2D eigenvalue weighted by Gasteiger charge is -2.10. The molecular formula is C10H20BrNO2. The van der Waals surface area contributed by atoms with Crippen LogP contribution in [0.25, 0.3) is 0 Å². The first-order valence-electron chi connectivity index (χ1n) is 5.21. The highest BCUT2D eigenvalue weighted by Crippen LogP contribution is 1.99. The zero-order valence-corrected chi connectivity index (χ0v) is 10.3. The van der Waals surface area contributed by atoms with Crippen molar-refractivity contribution >= 4 is 21.8 Å². The molecule has 0 bridgehead atoms. The van der Waals surface area contributed by atoms with Crippen LogP contribution < -0.4 is 5.32 Å². The molecule has 0 aromatic rings. The van der Waals surface area contributed by atoms with Gasteiger partial charge < -0.3 is 10.4 Å². The van der Waals surface area contributed by atoms with Crippen molar-refractivity contribution in [3.63, 3.8) is 0 Å². The molecule has 84 valence electrons. The van der Waals surface area contributed by atoms with E-state index in [4.69, 9.17) is 0 Å². The van der Waals surface area contributed by atoms with Crippen molar-refractivity contribution in [1.82, 2.24) is 5.32 Å². The predicted molar refractivity (Wildman–Crippen MR) is 61.6 cm³/mol. The maximum Gasteiger partial charge on any atom is 0.220 e. The second-order valence-corrected chi connectivity index (χ2v) is 4.19. The number of hydrogen-bond acceptors (Lipinski definition) is 2. The summed E-state index contributed by atoms with van der Waals surface area (Å²) in [7, 11) is 0. The molecular weight excluding hydrogens is 246 g/mol. The van der Waals surface area contributed by atoms with Gasteiger partial charge in [0.2, 0.25) is 5.91 Å². The molecule has 0 aliphatic heterocycles. The highest BCUT2D eigenvalue weighted by Gasteiger charge is 2.05. The highest BCUT2D eigenvalue weighted by molar-refractivity contribution is 9.09. The average Bonchev–Trinajstić information content (AvgIpc) is 2.16. The lowest BCUT2D eigenvalue weighted by molar-refractivity contribution is -0.121. The molecule has 0 saturated heterocycles. The van der Waals surface area contributed by atoms with Crippen molar-refractivity contribution in [2.75, 3.05) is 11.9 Å². The fourth-order valence-electron chi connectivity index (χ4n) is 1.14. The van der Waals surface area contributed by atoms with Gasteiger partial charge >= 0.3 is 0 Å². The number of hydrogen-bond donors (Lipinski definition) is 2. The van der Waals surface area contributed by atoms with Gasteiger partial charge in [-0.25, -0.2) is 0 Å². The number of rotatable bonds is 8. The molecule has 0 rings (SSSR count). The van der Waals surface area contributed by atoms with E-state index in [9.17, 15) is 9.90 Å². The Labute approximate surface area is 94.4 Å². The summed E-state index contributed by atoms with van der Waals surface area (Å²) in [4.78, 5) is 11.2. The van der Waals surface area contributed by atoms with Crippen LogP contribution in [0.2, 0.25) is 0 Å². The van der Waals surface area contributed by atoms with Crippen LogP contribution in [0.15, 0.2) is 0 Å². The van der Waals surface area contributed by atoms with Gasteiger partial charge in [0.25, 0.3) is 0 Å². The Hall–Kier alpha value is -0.0900. The van der Waals surface area contributed by atoms with Gasteiger partial charge in [0, 0.05) is 18.3 Å². The van der Waals surface area contributed by atoms with Crippen molar-refractivity contribution in [2.45, 2.75) is 45.1 Å². The lowest BCUT2D eigenvalue weighted by Crippen LogP contribution is -2.31. The average molecular weight is 266 g/mol. The highest BCUT2D eigenvalue weighted by atomic mass is 79.9. The normalized spacial score (nSPS) is 12.5. The number of alkyl halides is 1. The summed E-state index contributed by atoms with van der Waals surface area (Å²) in [5.41, 5.74) is 0. The molecule has 0 saturated carbocycles. The van der Waals surface area contributed by atoms with E-state index in [1.807, 2.05) is 6.92 Å². The molecule has 0 heterocycles. The maximum atomic E-state index is 11.2. The fraction of sp³-hybridized carbons (Fsp3) is 0.900. The van der Waals surface area contributed by atoms with Crippen LogP contribution in [0.4, 0.5) is 0 Å². The summed E-state index contributed by atoms with van der Waals surface area (Å²) in [5.74, 6) is 0.0427. The van der Waals surface area contributed by atoms with E-state index >= 15 is 0 Å². The van der Waals surface area contributed by atoms with E-state index in [1.54, 1.807) is 0 Å². The number of aliphatic hydroxyl groups excluding tert-OH is 1. The molecule has 0 aromatic carbocycles. The number of halogens is 1. The molecule has 0 aliphatic carbocycles. The summed E-state index contributed by atoms with van der Waals surface area (Å²) in [5, 5.41) is 13.0. The second kappa shape index (κ2) is 9.46. The summed E-state index contributed by atoms with van der Waals surface area (Å²) in [6.45, 7) is 2.40. The molecule has 0 aromatic heterocycles. The minimum atomic E-state index is -0.389. The third-order valence-corrected chi connectivity index (χ3v) is 2.50. The standard InChI is InChI=1S/C10H20BrNO2/c1-2-5-9(13)8-12-10(14)6-3-4-7-11/h9,13H,2-8H2,1H3,(H,12,14). The first kappa shape index (κ1) is 13.9. The Morgan fingerprint density at radius 1 is 1.50 bits per heavy atom. The van der Waals surface area contributed by atoms with Gasteiger partial charge in [-0.15, -0.1) is 0 Å². The van der Waals surface area contributed by atoms with Crippen LogP contribution in [0.5, 0.6) is 0 Å². The minimum Gasteiger partial charge on any atom is -0.391 e. The Balaban J connectivity index is 3.34. The number of carbonyl (C=O) groups excluding carboxylic acids is 1. The molecule has 0 radical (unpaired) electrons. The van der Waals surface area contributed by atoms with Crippen LogP contribution in [-0.4, -0.2) is 29.0 Å². The van der Waals surface area contributed by atoms with E-state index in [0.717, 1.165) is 31.0 Å². The first-order chi connectivity index (χ1) is 6.70. The monoisotopic (exact) mass is 265 g/mol. The van der Waals surface area contributed by atoms with E-state index in [2.05, 4.69) is 21.2 Å². The Morgan fingerprint density at radius 3 is 2.79 bits per heavy atom. The van der Waals surface area contributed by atoms with Crippen molar-refractivity contribution in [2.24, 2.45) is 0 Å². The van der Waals surface area contributed by atoms with Gasteiger partial charge in [0.1, 0.15) is 0 Å². The quantitative estimate of drug-likeness (QED) is 0.520. The van der Waals surface area contributed by atoms with E-state index in [0.29, 0.717) is 13.0 Å². The first-order valence-corrected chi connectivity index (χ1v) is 6.33. The van der Waals surface area contributed by atoms with Crippen molar-refractivity contribution in [3.05, 3.63) is 0 Å². The fourth-order valence-corrected chi connectivity index (χ4v) is 1.53. The third kappa shape index (κ3) is 8.51.